The van der Waals surface area contributed by atoms with Crippen LogP contribution in [0.3, 0.4) is 0 Å². The van der Waals surface area contributed by atoms with E-state index in [9.17, 15) is 18.0 Å². The minimum Gasteiger partial charge on any atom is -0.354 e. The summed E-state index contributed by atoms with van der Waals surface area (Å²) >= 11 is 3.43. The molecule has 4 rings (SSSR count). The second-order valence-electron chi connectivity index (χ2n) is 10.8. The summed E-state index contributed by atoms with van der Waals surface area (Å²) in [6.45, 7) is 3.64. The summed E-state index contributed by atoms with van der Waals surface area (Å²) in [5.74, 6) is -1.65. The molecule has 0 aliphatic rings. The third kappa shape index (κ3) is 8.54. The van der Waals surface area contributed by atoms with Crippen molar-refractivity contribution in [3.8, 4) is 0 Å². The Morgan fingerprint density at radius 2 is 1.41 bits per heavy atom. The number of nitrogens with one attached hydrogen (secondary N) is 1. The lowest BCUT2D eigenvalue weighted by molar-refractivity contribution is -0.140. The van der Waals surface area contributed by atoms with E-state index in [2.05, 4.69) is 21.2 Å². The van der Waals surface area contributed by atoms with E-state index >= 15 is 4.39 Å². The largest absolute Gasteiger partial charge is 0.354 e. The van der Waals surface area contributed by atoms with Gasteiger partial charge in [0.1, 0.15) is 18.4 Å². The third-order valence-corrected chi connectivity index (χ3v) is 9.26. The highest BCUT2D eigenvalue weighted by Crippen LogP contribution is 2.27. The standard InChI is InChI=1S/C34H35BrFN3O4S/c1-25(2)22-37-34(41)32(21-26-11-5-3-6-12-26)38(23-27-17-19-28(35)20-18-27)33(40)24-39(31-16-10-9-15-30(31)36)44(42,43)29-13-7-4-8-14-29/h3-20,25,32H,21-24H2,1-2H3,(H,37,41). The lowest BCUT2D eigenvalue weighted by atomic mass is 10.0. The van der Waals surface area contributed by atoms with Gasteiger partial charge in [-0.3, -0.25) is 13.9 Å². The molecule has 10 heteroatoms. The van der Waals surface area contributed by atoms with Gasteiger partial charge in [-0.15, -0.1) is 0 Å². The van der Waals surface area contributed by atoms with Gasteiger partial charge in [-0.25, -0.2) is 12.8 Å². The van der Waals surface area contributed by atoms with Gasteiger partial charge in [0.25, 0.3) is 10.0 Å². The van der Waals surface area contributed by atoms with Gasteiger partial charge in [0.15, 0.2) is 0 Å². The van der Waals surface area contributed by atoms with E-state index in [1.165, 1.54) is 35.2 Å². The average Bonchev–Trinajstić information content (AvgIpc) is 3.02. The molecule has 0 aromatic heterocycles. The predicted octanol–water partition coefficient (Wildman–Crippen LogP) is 6.20. The number of amides is 2. The van der Waals surface area contributed by atoms with Gasteiger partial charge in [-0.05, 0) is 53.4 Å². The molecular weight excluding hydrogens is 645 g/mol. The lowest BCUT2D eigenvalue weighted by Gasteiger charge is -2.34. The Kier molecular flexibility index (Phi) is 11.3. The second-order valence-corrected chi connectivity index (χ2v) is 13.5. The zero-order valence-corrected chi connectivity index (χ0v) is 27.0. The number of halogens is 2. The number of carbonyl (C=O) groups excluding carboxylic acids is 2. The van der Waals surface area contributed by atoms with Crippen LogP contribution in [-0.2, 0) is 32.6 Å². The van der Waals surface area contributed by atoms with E-state index in [0.717, 1.165) is 26.0 Å². The van der Waals surface area contributed by atoms with Crippen molar-refractivity contribution in [2.24, 2.45) is 5.92 Å². The number of hydrogen-bond donors (Lipinski definition) is 1. The van der Waals surface area contributed by atoms with Gasteiger partial charge in [-0.2, -0.15) is 0 Å². The van der Waals surface area contributed by atoms with Crippen LogP contribution in [-0.4, -0.2) is 44.3 Å². The van der Waals surface area contributed by atoms with Crippen molar-refractivity contribution in [2.75, 3.05) is 17.4 Å². The zero-order valence-electron chi connectivity index (χ0n) is 24.6. The molecule has 0 saturated heterocycles. The number of nitrogens with zero attached hydrogens (tertiary/aromatic N) is 2. The minimum absolute atomic E-state index is 0.0230. The maximum Gasteiger partial charge on any atom is 0.264 e. The Morgan fingerprint density at radius 3 is 2.02 bits per heavy atom. The molecule has 0 spiro atoms. The first-order valence-electron chi connectivity index (χ1n) is 14.2. The fourth-order valence-corrected chi connectivity index (χ4v) is 6.36. The molecule has 2 amide bonds. The van der Waals surface area contributed by atoms with Crippen molar-refractivity contribution < 1.29 is 22.4 Å². The van der Waals surface area contributed by atoms with E-state index in [1.807, 2.05) is 68.4 Å². The van der Waals surface area contributed by atoms with Gasteiger partial charge in [-0.1, -0.05) is 103 Å². The predicted molar refractivity (Wildman–Crippen MR) is 174 cm³/mol. The van der Waals surface area contributed by atoms with Gasteiger partial charge >= 0.3 is 0 Å². The Labute approximate surface area is 266 Å². The molecule has 1 unspecified atom stereocenters. The van der Waals surface area contributed by atoms with Gasteiger partial charge in [0, 0.05) is 24.0 Å². The van der Waals surface area contributed by atoms with E-state index in [0.29, 0.717) is 6.54 Å². The molecule has 44 heavy (non-hydrogen) atoms. The Balaban J connectivity index is 1.79. The highest BCUT2D eigenvalue weighted by Gasteiger charge is 2.35. The summed E-state index contributed by atoms with van der Waals surface area (Å²) in [6, 6.07) is 28.6. The Morgan fingerprint density at radius 1 is 0.818 bits per heavy atom. The van der Waals surface area contributed by atoms with E-state index in [4.69, 9.17) is 0 Å². The second kappa shape index (κ2) is 15.1. The molecule has 7 nitrogen and oxygen atoms in total. The summed E-state index contributed by atoms with van der Waals surface area (Å²) < 4.78 is 44.6. The normalized spacial score (nSPS) is 12.0. The molecule has 0 saturated carbocycles. The number of hydrogen-bond acceptors (Lipinski definition) is 4. The topological polar surface area (TPSA) is 86.8 Å². The Hall–Kier alpha value is -4.02. The monoisotopic (exact) mass is 679 g/mol. The molecule has 0 radical (unpaired) electrons. The van der Waals surface area contributed by atoms with Crippen LogP contribution in [0.2, 0.25) is 0 Å². The molecule has 0 fully saturated rings. The summed E-state index contributed by atoms with van der Waals surface area (Å²) in [7, 11) is -4.37. The first kappa shape index (κ1) is 32.9. The van der Waals surface area contributed by atoms with Crippen molar-refractivity contribution in [3.05, 3.63) is 131 Å². The van der Waals surface area contributed by atoms with Crippen LogP contribution in [0, 0.1) is 11.7 Å². The summed E-state index contributed by atoms with van der Waals surface area (Å²) in [5, 5.41) is 2.95. The van der Waals surface area contributed by atoms with Crippen LogP contribution in [0.25, 0.3) is 0 Å². The smallest absolute Gasteiger partial charge is 0.264 e. The quantitative estimate of drug-likeness (QED) is 0.182. The molecule has 0 heterocycles. The number of anilines is 1. The lowest BCUT2D eigenvalue weighted by Crippen LogP contribution is -2.53. The van der Waals surface area contributed by atoms with Crippen molar-refractivity contribution in [3.63, 3.8) is 0 Å². The summed E-state index contributed by atoms with van der Waals surface area (Å²) in [6.07, 6.45) is 0.193. The molecule has 4 aromatic carbocycles. The van der Waals surface area contributed by atoms with Gasteiger partial charge in [0.05, 0.1) is 10.6 Å². The van der Waals surface area contributed by atoms with Crippen LogP contribution >= 0.6 is 15.9 Å². The van der Waals surface area contributed by atoms with Crippen molar-refractivity contribution in [2.45, 2.75) is 37.8 Å². The maximum atomic E-state index is 15.2. The van der Waals surface area contributed by atoms with Crippen LogP contribution in [0.4, 0.5) is 10.1 Å². The van der Waals surface area contributed by atoms with Crippen LogP contribution in [0.1, 0.15) is 25.0 Å². The first-order valence-corrected chi connectivity index (χ1v) is 16.5. The molecule has 230 valence electrons. The molecule has 1 N–H and O–H groups in total. The summed E-state index contributed by atoms with van der Waals surface area (Å²) in [4.78, 5) is 29.4. The highest BCUT2D eigenvalue weighted by molar-refractivity contribution is 9.10. The zero-order chi connectivity index (χ0) is 31.7. The van der Waals surface area contributed by atoms with E-state index < -0.39 is 34.3 Å². The SMILES string of the molecule is CC(C)CNC(=O)C(Cc1ccccc1)N(Cc1ccc(Br)cc1)C(=O)CN(c1ccccc1F)S(=O)(=O)c1ccccc1. The molecule has 4 aromatic rings. The summed E-state index contributed by atoms with van der Waals surface area (Å²) in [5.41, 5.74) is 1.30. The molecule has 0 aliphatic carbocycles. The van der Waals surface area contributed by atoms with Crippen molar-refractivity contribution in [1.29, 1.82) is 0 Å². The van der Waals surface area contributed by atoms with Crippen LogP contribution < -0.4 is 9.62 Å². The number of sulfonamides is 1. The number of rotatable bonds is 13. The van der Waals surface area contributed by atoms with Gasteiger partial charge in [0.2, 0.25) is 11.8 Å². The molecule has 1 atom stereocenters. The van der Waals surface area contributed by atoms with Crippen molar-refractivity contribution in [1.82, 2.24) is 10.2 Å². The number of benzene rings is 4. The molecular formula is C34H35BrFN3O4S. The van der Waals surface area contributed by atoms with E-state index in [-0.39, 0.29) is 35.4 Å². The van der Waals surface area contributed by atoms with Crippen LogP contribution in [0.15, 0.2) is 119 Å². The third-order valence-electron chi connectivity index (χ3n) is 6.95. The van der Waals surface area contributed by atoms with E-state index in [1.54, 1.807) is 18.2 Å². The molecule has 0 bridgehead atoms. The van der Waals surface area contributed by atoms with Crippen LogP contribution in [0.5, 0.6) is 0 Å². The Bertz CT molecular complexity index is 1650. The van der Waals surface area contributed by atoms with Crippen molar-refractivity contribution >= 4 is 43.5 Å². The fraction of sp³-hybridized carbons (Fsp3) is 0.235. The number of para-hydroxylation sites is 1. The fourth-order valence-electron chi connectivity index (χ4n) is 4.65. The first-order chi connectivity index (χ1) is 21.1. The average molecular weight is 681 g/mol. The molecule has 0 aliphatic heterocycles. The minimum atomic E-state index is -4.37. The van der Waals surface area contributed by atoms with Gasteiger partial charge < -0.3 is 10.2 Å². The maximum absolute atomic E-state index is 15.2. The number of carbonyl (C=O) groups is 2. The highest BCUT2D eigenvalue weighted by atomic mass is 79.9.